The molecule has 0 fully saturated rings. The number of fused-ring (bicyclic) bond motifs is 1. The number of ether oxygens (including phenoxy) is 1. The lowest BCUT2D eigenvalue weighted by molar-refractivity contribution is 0.0579. The van der Waals surface area contributed by atoms with Gasteiger partial charge in [-0.25, -0.2) is 19.4 Å². The molecule has 0 saturated carbocycles. The van der Waals surface area contributed by atoms with E-state index in [0.717, 1.165) is 16.8 Å². The number of aliphatic hydroxyl groups is 1. The first-order valence-corrected chi connectivity index (χ1v) is 13.0. The first kappa shape index (κ1) is 28.0. The second kappa shape index (κ2) is 9.97. The van der Waals surface area contributed by atoms with Crippen molar-refractivity contribution < 1.29 is 14.6 Å². The predicted octanol–water partition coefficient (Wildman–Crippen LogP) is 5.28. The maximum atomic E-state index is 13.0. The van der Waals surface area contributed by atoms with Gasteiger partial charge in [0.2, 0.25) is 5.95 Å². The Bertz CT molecular complexity index is 1440. The zero-order valence-corrected chi connectivity index (χ0v) is 24.0. The Balaban J connectivity index is 1.72. The van der Waals surface area contributed by atoms with Crippen LogP contribution in [0.15, 0.2) is 30.5 Å². The number of nitriles is 1. The van der Waals surface area contributed by atoms with Crippen LogP contribution in [0.5, 0.6) is 0 Å². The minimum Gasteiger partial charge on any atom is -0.443 e. The van der Waals surface area contributed by atoms with E-state index >= 15 is 0 Å². The monoisotopic (exact) mass is 531 g/mol. The van der Waals surface area contributed by atoms with Crippen LogP contribution in [0.2, 0.25) is 0 Å². The van der Waals surface area contributed by atoms with E-state index in [-0.39, 0.29) is 12.0 Å². The second-order valence-corrected chi connectivity index (χ2v) is 12.5. The summed E-state index contributed by atoms with van der Waals surface area (Å²) >= 11 is 0. The van der Waals surface area contributed by atoms with Crippen molar-refractivity contribution in [2.75, 3.05) is 23.4 Å². The van der Waals surface area contributed by atoms with Gasteiger partial charge in [-0.1, -0.05) is 34.6 Å². The highest BCUT2D eigenvalue weighted by atomic mass is 16.6. The zero-order chi connectivity index (χ0) is 28.8. The molecule has 10 nitrogen and oxygen atoms in total. The number of anilines is 3. The molecule has 0 bridgehead atoms. The molecule has 1 aromatic carbocycles. The summed E-state index contributed by atoms with van der Waals surface area (Å²) in [6, 6.07) is 9.72. The number of benzene rings is 1. The van der Waals surface area contributed by atoms with E-state index in [4.69, 9.17) is 9.72 Å². The molecule has 2 aromatic heterocycles. The van der Waals surface area contributed by atoms with E-state index in [1.165, 1.54) is 0 Å². The van der Waals surface area contributed by atoms with Crippen LogP contribution in [-0.4, -0.2) is 49.7 Å². The summed E-state index contributed by atoms with van der Waals surface area (Å²) in [7, 11) is 0. The number of rotatable bonds is 5. The number of hydrogen-bond acceptors (Lipinski definition) is 8. The maximum Gasteiger partial charge on any atom is 0.414 e. The van der Waals surface area contributed by atoms with Crippen molar-refractivity contribution in [1.29, 1.82) is 5.26 Å². The molecule has 4 rings (SSSR count). The largest absolute Gasteiger partial charge is 0.443 e. The van der Waals surface area contributed by atoms with Gasteiger partial charge in [0.25, 0.3) is 0 Å². The third kappa shape index (κ3) is 5.88. The number of nitrogens with zero attached hydrogens (tertiary/aromatic N) is 6. The summed E-state index contributed by atoms with van der Waals surface area (Å²) in [4.78, 5) is 23.7. The molecule has 2 N–H and O–H groups in total. The van der Waals surface area contributed by atoms with Gasteiger partial charge in [0.1, 0.15) is 17.5 Å². The summed E-state index contributed by atoms with van der Waals surface area (Å²) in [6.07, 6.45) is 1.18. The van der Waals surface area contributed by atoms with Crippen LogP contribution >= 0.6 is 0 Å². The highest BCUT2D eigenvalue weighted by molar-refractivity contribution is 5.94. The van der Waals surface area contributed by atoms with Crippen molar-refractivity contribution in [3.05, 3.63) is 47.3 Å². The molecule has 206 valence electrons. The summed E-state index contributed by atoms with van der Waals surface area (Å²) in [5, 5.41) is 27.4. The fraction of sp³-hybridized carbons (Fsp3) is 0.483. The van der Waals surface area contributed by atoms with Crippen molar-refractivity contribution in [3.63, 3.8) is 0 Å². The van der Waals surface area contributed by atoms with Crippen molar-refractivity contribution in [2.24, 2.45) is 0 Å². The summed E-state index contributed by atoms with van der Waals surface area (Å²) < 4.78 is 7.34. The van der Waals surface area contributed by atoms with E-state index in [1.807, 2.05) is 46.8 Å². The molecule has 39 heavy (non-hydrogen) atoms. The van der Waals surface area contributed by atoms with Crippen LogP contribution in [0.3, 0.4) is 0 Å². The fourth-order valence-corrected chi connectivity index (χ4v) is 4.55. The van der Waals surface area contributed by atoms with Crippen LogP contribution < -0.4 is 10.2 Å². The summed E-state index contributed by atoms with van der Waals surface area (Å²) in [5.41, 5.74) is 2.87. The fourth-order valence-electron chi connectivity index (χ4n) is 4.55. The van der Waals surface area contributed by atoms with Gasteiger partial charge in [-0.15, -0.1) is 0 Å². The standard InChI is InChI=1S/C29H37N7O3/c1-27(2,3)22-15-23(36(34-22)11-12-37)33-25-31-10-9-21(32-25)18-13-19(16-30)24-20(14-18)29(7,8)17-35(24)26(38)39-28(4,5)6/h9-10,13-15,37H,11-12,17H2,1-8H3,(H,31,32,33). The number of aromatic nitrogens is 4. The Labute approximate surface area is 229 Å². The summed E-state index contributed by atoms with van der Waals surface area (Å²) in [5.74, 6) is 1.03. The van der Waals surface area contributed by atoms with Crippen LogP contribution in [0.1, 0.15) is 72.2 Å². The number of nitrogens with one attached hydrogen (secondary N) is 1. The molecule has 0 unspecified atom stereocenters. The molecule has 3 heterocycles. The molecule has 10 heteroatoms. The Hall–Kier alpha value is -3.97. The first-order valence-electron chi connectivity index (χ1n) is 13.0. The Morgan fingerprint density at radius 3 is 2.54 bits per heavy atom. The SMILES string of the molecule is CC(C)(C)OC(=O)N1CC(C)(C)c2cc(-c3ccnc(Nc4cc(C(C)(C)C)nn4CCO)n3)cc(C#N)c21. The van der Waals surface area contributed by atoms with Crippen LogP contribution in [0.4, 0.5) is 22.2 Å². The average molecular weight is 532 g/mol. The lowest BCUT2D eigenvalue weighted by Crippen LogP contribution is -2.38. The van der Waals surface area contributed by atoms with Gasteiger partial charge in [0.15, 0.2) is 0 Å². The van der Waals surface area contributed by atoms with Gasteiger partial charge in [-0.2, -0.15) is 10.4 Å². The van der Waals surface area contributed by atoms with E-state index < -0.39 is 17.1 Å². The lowest BCUT2D eigenvalue weighted by Gasteiger charge is -2.26. The molecule has 0 atom stereocenters. The molecule has 1 amide bonds. The molecule has 1 aliphatic heterocycles. The molecule has 3 aromatic rings. The number of hydrogen-bond donors (Lipinski definition) is 2. The zero-order valence-electron chi connectivity index (χ0n) is 24.0. The van der Waals surface area contributed by atoms with Crippen LogP contribution in [0.25, 0.3) is 11.3 Å². The van der Waals surface area contributed by atoms with Crippen LogP contribution in [0, 0.1) is 11.3 Å². The molecular formula is C29H37N7O3. The number of aliphatic hydroxyl groups excluding tert-OH is 1. The number of carbonyl (C=O) groups is 1. The second-order valence-electron chi connectivity index (χ2n) is 12.5. The lowest BCUT2D eigenvalue weighted by atomic mass is 9.85. The van der Waals surface area contributed by atoms with E-state index in [9.17, 15) is 15.2 Å². The van der Waals surface area contributed by atoms with E-state index in [2.05, 4.69) is 42.2 Å². The topological polar surface area (TPSA) is 129 Å². The van der Waals surface area contributed by atoms with Crippen LogP contribution in [-0.2, 0) is 22.1 Å². The van der Waals surface area contributed by atoms with Gasteiger partial charge >= 0.3 is 6.09 Å². The molecule has 1 aliphatic rings. The predicted molar refractivity (Wildman–Crippen MR) is 150 cm³/mol. The average Bonchev–Trinajstić information content (AvgIpc) is 3.36. The van der Waals surface area contributed by atoms with Gasteiger partial charge in [-0.05, 0) is 44.5 Å². The summed E-state index contributed by atoms with van der Waals surface area (Å²) in [6.45, 7) is 16.5. The van der Waals surface area contributed by atoms with E-state index in [0.29, 0.717) is 41.8 Å². The van der Waals surface area contributed by atoms with Gasteiger partial charge in [0.05, 0.1) is 35.8 Å². The highest BCUT2D eigenvalue weighted by Gasteiger charge is 2.42. The molecule has 0 saturated heterocycles. The van der Waals surface area contributed by atoms with Gasteiger partial charge in [0, 0.05) is 35.2 Å². The number of amides is 1. The molecule has 0 spiro atoms. The third-order valence-electron chi connectivity index (χ3n) is 6.45. The first-order chi connectivity index (χ1) is 18.1. The number of carbonyl (C=O) groups excluding carboxylic acids is 1. The Morgan fingerprint density at radius 1 is 1.21 bits per heavy atom. The highest BCUT2D eigenvalue weighted by Crippen LogP contribution is 2.45. The Kier molecular flexibility index (Phi) is 7.17. The molecular weight excluding hydrogens is 494 g/mol. The maximum absolute atomic E-state index is 13.0. The van der Waals surface area contributed by atoms with Crippen molar-refractivity contribution in [1.82, 2.24) is 19.7 Å². The quantitative estimate of drug-likeness (QED) is 0.455. The third-order valence-corrected chi connectivity index (χ3v) is 6.45. The van der Waals surface area contributed by atoms with Gasteiger partial charge < -0.3 is 15.2 Å². The van der Waals surface area contributed by atoms with E-state index in [1.54, 1.807) is 27.9 Å². The minimum absolute atomic E-state index is 0.0526. The Morgan fingerprint density at radius 2 is 1.92 bits per heavy atom. The smallest absolute Gasteiger partial charge is 0.414 e. The van der Waals surface area contributed by atoms with Crippen molar-refractivity contribution in [2.45, 2.75) is 78.4 Å². The molecule has 0 aliphatic carbocycles. The normalized spacial score (nSPS) is 14.6. The molecule has 0 radical (unpaired) electrons. The minimum atomic E-state index is -0.652. The van der Waals surface area contributed by atoms with Crippen molar-refractivity contribution >= 4 is 23.5 Å². The van der Waals surface area contributed by atoms with Crippen molar-refractivity contribution in [3.8, 4) is 17.3 Å². The van der Waals surface area contributed by atoms with Gasteiger partial charge in [-0.3, -0.25) is 4.90 Å².